The summed E-state index contributed by atoms with van der Waals surface area (Å²) < 4.78 is 0. The summed E-state index contributed by atoms with van der Waals surface area (Å²) in [5.74, 6) is 0.0190. The second kappa shape index (κ2) is 6.94. The summed E-state index contributed by atoms with van der Waals surface area (Å²) in [5, 5.41) is 0. The second-order valence-corrected chi connectivity index (χ2v) is 4.54. The Morgan fingerprint density at radius 3 is 2.28 bits per heavy atom. The first-order valence-electron chi connectivity index (χ1n) is 6.48. The Kier molecular flexibility index (Phi) is 5.56. The van der Waals surface area contributed by atoms with Crippen molar-refractivity contribution in [3.63, 3.8) is 0 Å². The lowest BCUT2D eigenvalue weighted by molar-refractivity contribution is 0.0755. The van der Waals surface area contributed by atoms with Gasteiger partial charge >= 0.3 is 0 Å². The standard InChI is InChI=1S/C15H21NO2/c1-4-6-16(7-5-2)15(18)14-9-12(3)8-13(10-14)11-17/h8-11H,4-7H2,1-3H3. The van der Waals surface area contributed by atoms with E-state index in [0.29, 0.717) is 11.1 Å². The molecule has 0 unspecified atom stereocenters. The topological polar surface area (TPSA) is 37.4 Å². The lowest BCUT2D eigenvalue weighted by Gasteiger charge is -2.21. The van der Waals surface area contributed by atoms with E-state index in [1.807, 2.05) is 17.9 Å². The van der Waals surface area contributed by atoms with Gasteiger partial charge in [-0.15, -0.1) is 0 Å². The normalized spacial score (nSPS) is 10.2. The summed E-state index contributed by atoms with van der Waals surface area (Å²) in [7, 11) is 0. The van der Waals surface area contributed by atoms with E-state index in [1.165, 1.54) is 0 Å². The second-order valence-electron chi connectivity index (χ2n) is 4.54. The van der Waals surface area contributed by atoms with E-state index in [2.05, 4.69) is 13.8 Å². The van der Waals surface area contributed by atoms with Crippen molar-refractivity contribution in [1.29, 1.82) is 0 Å². The Hall–Kier alpha value is -1.64. The van der Waals surface area contributed by atoms with Gasteiger partial charge in [-0.05, 0) is 43.5 Å². The van der Waals surface area contributed by atoms with Crippen LogP contribution in [0.3, 0.4) is 0 Å². The van der Waals surface area contributed by atoms with E-state index in [4.69, 9.17) is 0 Å². The molecule has 1 rings (SSSR count). The summed E-state index contributed by atoms with van der Waals surface area (Å²) in [4.78, 5) is 25.0. The molecule has 0 aromatic heterocycles. The molecule has 18 heavy (non-hydrogen) atoms. The van der Waals surface area contributed by atoms with Crippen LogP contribution in [-0.2, 0) is 0 Å². The predicted octanol–water partition coefficient (Wildman–Crippen LogP) is 3.07. The fourth-order valence-corrected chi connectivity index (χ4v) is 2.04. The number of hydrogen-bond donors (Lipinski definition) is 0. The molecule has 0 radical (unpaired) electrons. The van der Waals surface area contributed by atoms with Crippen molar-refractivity contribution < 1.29 is 9.59 Å². The van der Waals surface area contributed by atoms with Gasteiger partial charge in [0, 0.05) is 24.2 Å². The maximum Gasteiger partial charge on any atom is 0.253 e. The van der Waals surface area contributed by atoms with Crippen LogP contribution >= 0.6 is 0 Å². The molecule has 0 bridgehead atoms. The maximum atomic E-state index is 12.4. The van der Waals surface area contributed by atoms with E-state index in [0.717, 1.165) is 37.8 Å². The number of aldehydes is 1. The molecule has 3 heteroatoms. The molecule has 0 aliphatic rings. The highest BCUT2D eigenvalue weighted by molar-refractivity contribution is 5.96. The molecule has 0 aliphatic heterocycles. The minimum atomic E-state index is 0.0190. The molecular weight excluding hydrogens is 226 g/mol. The molecule has 0 atom stereocenters. The van der Waals surface area contributed by atoms with Crippen molar-refractivity contribution in [2.24, 2.45) is 0 Å². The number of aryl methyl sites for hydroxylation is 1. The third kappa shape index (κ3) is 3.69. The third-order valence-corrected chi connectivity index (χ3v) is 2.76. The summed E-state index contributed by atoms with van der Waals surface area (Å²) in [6.45, 7) is 7.54. The average Bonchev–Trinajstić information content (AvgIpc) is 2.36. The zero-order valence-electron chi connectivity index (χ0n) is 11.4. The molecule has 0 saturated heterocycles. The molecule has 1 aromatic rings. The third-order valence-electron chi connectivity index (χ3n) is 2.76. The van der Waals surface area contributed by atoms with E-state index < -0.39 is 0 Å². The van der Waals surface area contributed by atoms with Gasteiger partial charge in [0.05, 0.1) is 0 Å². The van der Waals surface area contributed by atoms with Crippen LogP contribution in [0.1, 0.15) is 53.0 Å². The van der Waals surface area contributed by atoms with Crippen LogP contribution in [0.4, 0.5) is 0 Å². The Morgan fingerprint density at radius 2 is 1.78 bits per heavy atom. The van der Waals surface area contributed by atoms with Crippen molar-refractivity contribution in [2.75, 3.05) is 13.1 Å². The van der Waals surface area contributed by atoms with Crippen LogP contribution in [0.15, 0.2) is 18.2 Å². The number of hydrogen-bond acceptors (Lipinski definition) is 2. The fourth-order valence-electron chi connectivity index (χ4n) is 2.04. The molecule has 0 spiro atoms. The van der Waals surface area contributed by atoms with Crippen molar-refractivity contribution >= 4 is 12.2 Å². The van der Waals surface area contributed by atoms with Crippen molar-refractivity contribution in [1.82, 2.24) is 4.90 Å². The van der Waals surface area contributed by atoms with Gasteiger partial charge in [0.25, 0.3) is 5.91 Å². The van der Waals surface area contributed by atoms with Crippen molar-refractivity contribution in [2.45, 2.75) is 33.6 Å². The van der Waals surface area contributed by atoms with Gasteiger partial charge in [-0.25, -0.2) is 0 Å². The lowest BCUT2D eigenvalue weighted by atomic mass is 10.1. The van der Waals surface area contributed by atoms with Crippen molar-refractivity contribution in [3.05, 3.63) is 34.9 Å². The van der Waals surface area contributed by atoms with Gasteiger partial charge in [0.1, 0.15) is 6.29 Å². The van der Waals surface area contributed by atoms with E-state index in [9.17, 15) is 9.59 Å². The van der Waals surface area contributed by atoms with Gasteiger partial charge < -0.3 is 4.90 Å². The molecule has 0 aliphatic carbocycles. The zero-order valence-corrected chi connectivity index (χ0v) is 11.4. The van der Waals surface area contributed by atoms with E-state index >= 15 is 0 Å². The largest absolute Gasteiger partial charge is 0.339 e. The van der Waals surface area contributed by atoms with Crippen LogP contribution in [-0.4, -0.2) is 30.2 Å². The molecule has 1 aromatic carbocycles. The first-order valence-corrected chi connectivity index (χ1v) is 6.48. The van der Waals surface area contributed by atoms with Gasteiger partial charge in [-0.2, -0.15) is 0 Å². The van der Waals surface area contributed by atoms with Crippen molar-refractivity contribution in [3.8, 4) is 0 Å². The number of carbonyl (C=O) groups is 2. The number of benzene rings is 1. The summed E-state index contributed by atoms with van der Waals surface area (Å²) in [6.07, 6.45) is 2.67. The Labute approximate surface area is 109 Å². The van der Waals surface area contributed by atoms with Crippen LogP contribution < -0.4 is 0 Å². The fraction of sp³-hybridized carbons (Fsp3) is 0.467. The molecule has 98 valence electrons. The molecular formula is C15H21NO2. The van der Waals surface area contributed by atoms with Crippen LogP contribution in [0.5, 0.6) is 0 Å². The van der Waals surface area contributed by atoms with E-state index in [-0.39, 0.29) is 5.91 Å². The highest BCUT2D eigenvalue weighted by atomic mass is 16.2. The van der Waals surface area contributed by atoms with E-state index in [1.54, 1.807) is 12.1 Å². The Bertz CT molecular complexity index is 421. The number of amides is 1. The highest BCUT2D eigenvalue weighted by Gasteiger charge is 2.14. The summed E-state index contributed by atoms with van der Waals surface area (Å²) >= 11 is 0. The van der Waals surface area contributed by atoms with Crippen LogP contribution in [0, 0.1) is 6.92 Å². The summed E-state index contributed by atoms with van der Waals surface area (Å²) in [6, 6.07) is 5.29. The summed E-state index contributed by atoms with van der Waals surface area (Å²) in [5.41, 5.74) is 2.11. The number of rotatable bonds is 6. The highest BCUT2D eigenvalue weighted by Crippen LogP contribution is 2.12. The van der Waals surface area contributed by atoms with Crippen LogP contribution in [0.2, 0.25) is 0 Å². The van der Waals surface area contributed by atoms with Gasteiger partial charge in [0.2, 0.25) is 0 Å². The zero-order chi connectivity index (χ0) is 13.5. The number of nitrogens with zero attached hydrogens (tertiary/aromatic N) is 1. The Morgan fingerprint density at radius 1 is 1.17 bits per heavy atom. The monoisotopic (exact) mass is 247 g/mol. The quantitative estimate of drug-likeness (QED) is 0.724. The molecule has 3 nitrogen and oxygen atoms in total. The molecule has 0 heterocycles. The number of carbonyl (C=O) groups excluding carboxylic acids is 2. The smallest absolute Gasteiger partial charge is 0.253 e. The predicted molar refractivity (Wildman–Crippen MR) is 73.1 cm³/mol. The molecule has 0 fully saturated rings. The molecule has 0 N–H and O–H groups in total. The Balaban J connectivity index is 2.99. The minimum absolute atomic E-state index is 0.0190. The first-order chi connectivity index (χ1) is 8.62. The van der Waals surface area contributed by atoms with Gasteiger partial charge in [-0.3, -0.25) is 9.59 Å². The lowest BCUT2D eigenvalue weighted by Crippen LogP contribution is -2.32. The van der Waals surface area contributed by atoms with Crippen LogP contribution in [0.25, 0.3) is 0 Å². The SMILES string of the molecule is CCCN(CCC)C(=O)c1cc(C)cc(C=O)c1. The maximum absolute atomic E-state index is 12.4. The van der Waals surface area contributed by atoms with Gasteiger partial charge in [0.15, 0.2) is 0 Å². The first kappa shape index (κ1) is 14.4. The molecule has 1 amide bonds. The van der Waals surface area contributed by atoms with Gasteiger partial charge in [-0.1, -0.05) is 13.8 Å². The average molecular weight is 247 g/mol. The minimum Gasteiger partial charge on any atom is -0.339 e. The molecule has 0 saturated carbocycles.